The standard InChI is InChI=1S/C13H10F3NO.C13H13NO2.2C13H13NO.2C12H10FNO/c1-9-5-6-12(18-9)8-17-11-4-2-3-10(7-11)13(14,15)16;1-10-6-7-12(16-10)8-14-13-5-3-2-4-11(13)9-15;1-10-4-3-5-12(8-10)14-9-13-7-6-11(2)15-13;1-10-5-3-4-6-13(10)14-9-12-8-7-11(2)15-12;1-9-5-6-12(15-9)8-14-11-4-2-3-10(13)7-11;1-9-6-7-10(15-9)8-14-12-5-3-2-4-11(12)13/h2-8H,1H3;2-8,15H,9H2,1H3;2*3-9H,1-2H3;2*2-8H,1H3. The van der Waals surface area contributed by atoms with Gasteiger partial charge in [0.2, 0.25) is 0 Å². The predicted octanol–water partition coefficient (Wildman–Crippen LogP) is 21.4. The summed E-state index contributed by atoms with van der Waals surface area (Å²) in [5.41, 5.74) is 6.27. The Morgan fingerprint density at radius 1 is 0.340 bits per heavy atom. The highest BCUT2D eigenvalue weighted by Crippen LogP contribution is 2.31. The number of aliphatic hydroxyl groups is 1. The first-order chi connectivity index (χ1) is 45.2. The van der Waals surface area contributed by atoms with Crippen molar-refractivity contribution in [2.24, 2.45) is 30.0 Å². The van der Waals surface area contributed by atoms with Crippen LogP contribution < -0.4 is 0 Å². The van der Waals surface area contributed by atoms with E-state index in [2.05, 4.69) is 42.9 Å². The van der Waals surface area contributed by atoms with Gasteiger partial charge in [-0.15, -0.1) is 0 Å². The van der Waals surface area contributed by atoms with Gasteiger partial charge in [-0.05, 0) is 212 Å². The molecule has 0 unspecified atom stereocenters. The normalized spacial score (nSPS) is 11.3. The van der Waals surface area contributed by atoms with Gasteiger partial charge in [0.15, 0.2) is 0 Å². The smallest absolute Gasteiger partial charge is 0.416 e. The zero-order valence-electron chi connectivity index (χ0n) is 52.9. The van der Waals surface area contributed by atoms with E-state index in [1.165, 1.54) is 48.3 Å². The van der Waals surface area contributed by atoms with Gasteiger partial charge in [-0.2, -0.15) is 13.2 Å². The van der Waals surface area contributed by atoms with E-state index in [1.807, 2.05) is 163 Å². The molecule has 12 rings (SSSR count). The van der Waals surface area contributed by atoms with Crippen LogP contribution in [0, 0.1) is 67.0 Å². The van der Waals surface area contributed by atoms with Gasteiger partial charge in [-0.3, -0.25) is 25.0 Å². The van der Waals surface area contributed by atoms with Crippen molar-refractivity contribution in [2.75, 3.05) is 0 Å². The molecule has 94 heavy (non-hydrogen) atoms. The topological polar surface area (TPSA) is 173 Å². The van der Waals surface area contributed by atoms with E-state index in [0.717, 1.165) is 86.4 Å². The molecule has 6 heterocycles. The Balaban J connectivity index is 0.000000160. The number of aliphatic imine (C=N–C) groups is 6. The predicted molar refractivity (Wildman–Crippen MR) is 363 cm³/mol. The minimum absolute atomic E-state index is 0.00923. The van der Waals surface area contributed by atoms with Crippen LogP contribution in [-0.4, -0.2) is 42.4 Å². The third kappa shape index (κ3) is 24.8. The maximum atomic E-state index is 13.2. The number of rotatable bonds is 13. The first-order valence-corrected chi connectivity index (χ1v) is 29.3. The summed E-state index contributed by atoms with van der Waals surface area (Å²) in [6.07, 6.45) is 5.25. The fraction of sp³-hybridized carbons (Fsp3) is 0.132. The molecule has 6 aromatic carbocycles. The molecule has 18 heteroatoms. The number of furan rings is 6. The highest BCUT2D eigenvalue weighted by Gasteiger charge is 2.30. The van der Waals surface area contributed by atoms with Crippen LogP contribution in [0.2, 0.25) is 0 Å². The van der Waals surface area contributed by atoms with Crippen LogP contribution in [0.5, 0.6) is 0 Å². The fourth-order valence-electron chi connectivity index (χ4n) is 8.01. The summed E-state index contributed by atoms with van der Waals surface area (Å²) in [7, 11) is 0. The van der Waals surface area contributed by atoms with Crippen molar-refractivity contribution in [3.05, 3.63) is 321 Å². The number of para-hydroxylation sites is 3. The second-order valence-electron chi connectivity index (χ2n) is 20.6. The lowest BCUT2D eigenvalue weighted by atomic mass is 10.2. The molecular weight excluding hydrogens is 1200 g/mol. The van der Waals surface area contributed by atoms with E-state index < -0.39 is 11.7 Å². The fourth-order valence-corrected chi connectivity index (χ4v) is 8.01. The van der Waals surface area contributed by atoms with E-state index in [4.69, 9.17) is 31.6 Å². The summed E-state index contributed by atoms with van der Waals surface area (Å²) >= 11 is 0. The van der Waals surface area contributed by atoms with Crippen LogP contribution in [0.15, 0.2) is 275 Å². The highest BCUT2D eigenvalue weighted by atomic mass is 19.4. The molecule has 0 aliphatic carbocycles. The molecule has 6 aromatic heterocycles. The lowest BCUT2D eigenvalue weighted by Gasteiger charge is -2.06. The molecule has 12 aromatic rings. The first kappa shape index (κ1) is 70.1. The Kier molecular flexibility index (Phi) is 26.7. The Morgan fingerprint density at radius 2 is 0.691 bits per heavy atom. The van der Waals surface area contributed by atoms with Gasteiger partial charge in [-0.1, -0.05) is 72.8 Å². The molecule has 0 radical (unpaired) electrons. The van der Waals surface area contributed by atoms with Crippen LogP contribution in [0.4, 0.5) is 56.1 Å². The van der Waals surface area contributed by atoms with Gasteiger partial charge in [0.05, 0.1) is 83.6 Å². The van der Waals surface area contributed by atoms with Crippen LogP contribution >= 0.6 is 0 Å². The molecule has 13 nitrogen and oxygen atoms in total. The SMILES string of the molecule is Cc1ccc(C=Nc2cccc(C(F)(F)F)c2)o1.Cc1ccc(C=Nc2cccc(F)c2)o1.Cc1ccc(C=Nc2ccccc2C)o1.Cc1ccc(C=Nc2ccccc2CO)o1.Cc1ccc(C=Nc2ccccc2F)o1.Cc1cccc(N=Cc2ccc(C)o2)c1. The number of benzene rings is 6. The molecule has 1 N–H and O–H groups in total. The number of aliphatic hydroxyl groups excluding tert-OH is 1. The summed E-state index contributed by atoms with van der Waals surface area (Å²) < 4.78 is 95.3. The van der Waals surface area contributed by atoms with E-state index in [9.17, 15) is 22.0 Å². The minimum atomic E-state index is -4.35. The summed E-state index contributed by atoms with van der Waals surface area (Å²) in [5, 5.41) is 9.12. The molecular formula is C76H69F5N6O7. The molecule has 0 amide bonds. The highest BCUT2D eigenvalue weighted by molar-refractivity contribution is 5.82. The molecule has 0 saturated carbocycles. The van der Waals surface area contributed by atoms with Gasteiger partial charge in [0.25, 0.3) is 0 Å². The quantitative estimate of drug-likeness (QED) is 0.0883. The van der Waals surface area contributed by atoms with Crippen molar-refractivity contribution >= 4 is 71.4 Å². The van der Waals surface area contributed by atoms with Crippen molar-refractivity contribution in [3.63, 3.8) is 0 Å². The Morgan fingerprint density at radius 3 is 1.09 bits per heavy atom. The minimum Gasteiger partial charge on any atom is -0.460 e. The lowest BCUT2D eigenvalue weighted by molar-refractivity contribution is -0.137. The molecule has 0 fully saturated rings. The van der Waals surface area contributed by atoms with Gasteiger partial charge in [0.1, 0.15) is 80.8 Å². The number of hydrogen-bond donors (Lipinski definition) is 1. The molecule has 480 valence electrons. The molecule has 0 aliphatic rings. The van der Waals surface area contributed by atoms with E-state index in [1.54, 1.807) is 80.3 Å². The number of aryl methyl sites for hydroxylation is 8. The summed E-state index contributed by atoms with van der Waals surface area (Å²) in [6, 6.07) is 63.0. The number of alkyl halides is 3. The van der Waals surface area contributed by atoms with Crippen molar-refractivity contribution < 1.29 is 53.6 Å². The zero-order chi connectivity index (χ0) is 67.2. The van der Waals surface area contributed by atoms with Gasteiger partial charge in [0, 0.05) is 5.56 Å². The Labute approximate surface area is 542 Å². The molecule has 0 aliphatic heterocycles. The first-order valence-electron chi connectivity index (χ1n) is 29.3. The lowest BCUT2D eigenvalue weighted by Crippen LogP contribution is -2.03. The number of nitrogens with zero attached hydrogens (tertiary/aromatic N) is 6. The Bertz CT molecular complexity index is 4290. The Hall–Kier alpha value is -11.4. The maximum absolute atomic E-state index is 13.2. The average molecular weight is 1270 g/mol. The van der Waals surface area contributed by atoms with Crippen molar-refractivity contribution in [2.45, 2.75) is 68.2 Å². The molecule has 0 spiro atoms. The van der Waals surface area contributed by atoms with Gasteiger partial charge in [-0.25, -0.2) is 13.8 Å². The van der Waals surface area contributed by atoms with Crippen LogP contribution in [0.25, 0.3) is 0 Å². The van der Waals surface area contributed by atoms with E-state index in [-0.39, 0.29) is 23.9 Å². The summed E-state index contributed by atoms with van der Waals surface area (Å²) in [5.74, 6) is 8.48. The monoisotopic (exact) mass is 1270 g/mol. The van der Waals surface area contributed by atoms with Gasteiger partial charge >= 0.3 is 6.18 Å². The van der Waals surface area contributed by atoms with Crippen LogP contribution in [0.3, 0.4) is 0 Å². The summed E-state index contributed by atoms with van der Waals surface area (Å²) in [4.78, 5) is 25.0. The van der Waals surface area contributed by atoms with Crippen molar-refractivity contribution in [1.29, 1.82) is 0 Å². The second kappa shape index (κ2) is 35.9. The van der Waals surface area contributed by atoms with Crippen LogP contribution in [-0.2, 0) is 12.8 Å². The largest absolute Gasteiger partial charge is 0.460 e. The third-order valence-corrected chi connectivity index (χ3v) is 12.7. The summed E-state index contributed by atoms with van der Waals surface area (Å²) in [6.45, 7) is 15.3. The number of hydrogen-bond acceptors (Lipinski definition) is 13. The van der Waals surface area contributed by atoms with Crippen molar-refractivity contribution in [1.82, 2.24) is 0 Å². The average Bonchev–Trinajstić information content (AvgIpc) is 1.44. The third-order valence-electron chi connectivity index (χ3n) is 12.7. The molecule has 0 atom stereocenters. The van der Waals surface area contributed by atoms with Crippen LogP contribution in [0.1, 0.15) is 91.4 Å². The molecule has 0 bridgehead atoms. The second-order valence-corrected chi connectivity index (χ2v) is 20.6. The van der Waals surface area contributed by atoms with Crippen molar-refractivity contribution in [3.8, 4) is 0 Å². The maximum Gasteiger partial charge on any atom is 0.416 e. The zero-order valence-corrected chi connectivity index (χ0v) is 52.9. The molecule has 0 saturated heterocycles. The van der Waals surface area contributed by atoms with E-state index in [0.29, 0.717) is 34.4 Å². The van der Waals surface area contributed by atoms with Gasteiger partial charge < -0.3 is 31.6 Å². The van der Waals surface area contributed by atoms with E-state index >= 15 is 0 Å². The number of halogens is 5.